The zero-order chi connectivity index (χ0) is 45.9. The lowest BCUT2D eigenvalue weighted by atomic mass is 9.99. The van der Waals surface area contributed by atoms with E-state index in [2.05, 4.69) is 31.3 Å². The number of hydrogen-bond donors (Lipinski definition) is 5. The molecular formula is C57H113NO5. The Hall–Kier alpha value is -0.950. The number of carbonyl (C=O) groups excluding carboxylic acids is 1. The van der Waals surface area contributed by atoms with E-state index in [1.54, 1.807) is 0 Å². The van der Waals surface area contributed by atoms with E-state index in [1.165, 1.54) is 250 Å². The second kappa shape index (κ2) is 52.0. The van der Waals surface area contributed by atoms with Crippen molar-refractivity contribution in [3.05, 3.63) is 12.2 Å². The highest BCUT2D eigenvalue weighted by atomic mass is 16.3. The Morgan fingerprint density at radius 1 is 0.381 bits per heavy atom. The van der Waals surface area contributed by atoms with Gasteiger partial charge in [0.25, 0.3) is 0 Å². The van der Waals surface area contributed by atoms with Crippen molar-refractivity contribution in [3.8, 4) is 0 Å². The Balaban J connectivity index is 3.61. The molecule has 1 amide bonds. The van der Waals surface area contributed by atoms with Crippen LogP contribution in [0, 0.1) is 0 Å². The van der Waals surface area contributed by atoms with E-state index in [0.717, 1.165) is 38.5 Å². The van der Waals surface area contributed by atoms with Crippen molar-refractivity contribution >= 4 is 5.91 Å². The van der Waals surface area contributed by atoms with E-state index >= 15 is 0 Å². The number of aliphatic hydroxyl groups is 4. The SMILES string of the molecule is CCCCCCCCCCCCCC/C=C\CCCCCCCCCCCC(O)C(=O)NC(CO)C(O)C(O)CCCCCCCCCCCCCCCCCCCCCCCC. The van der Waals surface area contributed by atoms with Gasteiger partial charge in [0.05, 0.1) is 18.8 Å². The smallest absolute Gasteiger partial charge is 0.249 e. The first-order valence-corrected chi connectivity index (χ1v) is 28.6. The molecule has 4 unspecified atom stereocenters. The van der Waals surface area contributed by atoms with Crippen molar-refractivity contribution in [2.45, 2.75) is 340 Å². The molecule has 0 saturated carbocycles. The Morgan fingerprint density at radius 3 is 0.921 bits per heavy atom. The monoisotopic (exact) mass is 892 g/mol. The molecule has 0 aromatic carbocycles. The molecule has 63 heavy (non-hydrogen) atoms. The van der Waals surface area contributed by atoms with Crippen LogP contribution in [0.15, 0.2) is 12.2 Å². The van der Waals surface area contributed by atoms with Crippen LogP contribution in [0.25, 0.3) is 0 Å². The standard InChI is InChI=1S/C57H113NO5/c1-3-5-7-9-11-13-15-17-19-21-23-25-27-28-29-31-33-35-37-39-41-43-45-47-49-51-55(61)57(63)58-53(52-59)56(62)54(60)50-48-46-44-42-40-38-36-34-32-30-26-24-22-20-18-16-14-12-10-8-6-4-2/h28-29,53-56,59-62H,3-27,30-52H2,1-2H3,(H,58,63)/b29-28-. The summed E-state index contributed by atoms with van der Waals surface area (Å²) in [5.41, 5.74) is 0. The van der Waals surface area contributed by atoms with Gasteiger partial charge in [0.15, 0.2) is 0 Å². The van der Waals surface area contributed by atoms with Gasteiger partial charge in [-0.15, -0.1) is 0 Å². The van der Waals surface area contributed by atoms with Gasteiger partial charge in [-0.05, 0) is 38.5 Å². The molecule has 0 heterocycles. The van der Waals surface area contributed by atoms with Gasteiger partial charge in [-0.25, -0.2) is 0 Å². The number of nitrogens with one attached hydrogen (secondary N) is 1. The fourth-order valence-electron chi connectivity index (χ4n) is 9.23. The Labute approximate surface area is 393 Å². The number of aliphatic hydroxyl groups excluding tert-OH is 4. The summed E-state index contributed by atoms with van der Waals surface area (Å²) in [6, 6.07) is -0.984. The van der Waals surface area contributed by atoms with E-state index < -0.39 is 36.9 Å². The number of rotatable bonds is 53. The Morgan fingerprint density at radius 2 is 0.635 bits per heavy atom. The van der Waals surface area contributed by atoms with Crippen molar-refractivity contribution < 1.29 is 25.2 Å². The molecule has 0 bridgehead atoms. The highest BCUT2D eigenvalue weighted by Gasteiger charge is 2.28. The van der Waals surface area contributed by atoms with Crippen molar-refractivity contribution in [2.75, 3.05) is 6.61 Å². The fourth-order valence-corrected chi connectivity index (χ4v) is 9.23. The zero-order valence-electron chi connectivity index (χ0n) is 42.6. The van der Waals surface area contributed by atoms with Crippen LogP contribution < -0.4 is 5.32 Å². The average molecular weight is 893 g/mol. The first-order valence-electron chi connectivity index (χ1n) is 28.6. The molecule has 0 fully saturated rings. The van der Waals surface area contributed by atoms with Gasteiger partial charge in [0, 0.05) is 0 Å². The molecule has 4 atom stereocenters. The molecule has 5 N–H and O–H groups in total. The van der Waals surface area contributed by atoms with Crippen LogP contribution in [0.3, 0.4) is 0 Å². The van der Waals surface area contributed by atoms with Crippen LogP contribution in [-0.4, -0.2) is 57.3 Å². The lowest BCUT2D eigenvalue weighted by Crippen LogP contribution is -2.53. The topological polar surface area (TPSA) is 110 Å². The quantitative estimate of drug-likeness (QED) is 0.0309. The Bertz CT molecular complexity index is 913. The number of hydrogen-bond acceptors (Lipinski definition) is 5. The van der Waals surface area contributed by atoms with Crippen LogP contribution in [-0.2, 0) is 4.79 Å². The van der Waals surface area contributed by atoms with Gasteiger partial charge >= 0.3 is 0 Å². The van der Waals surface area contributed by atoms with Crippen molar-refractivity contribution in [1.82, 2.24) is 5.32 Å². The van der Waals surface area contributed by atoms with Crippen LogP contribution in [0.1, 0.15) is 316 Å². The second-order valence-electron chi connectivity index (χ2n) is 20.0. The molecule has 376 valence electrons. The fraction of sp³-hybridized carbons (Fsp3) is 0.947. The summed E-state index contributed by atoms with van der Waals surface area (Å²) in [4.78, 5) is 12.6. The number of carbonyl (C=O) groups is 1. The third-order valence-corrected chi connectivity index (χ3v) is 13.7. The molecule has 0 aromatic heterocycles. The Kier molecular flexibility index (Phi) is 51.2. The van der Waals surface area contributed by atoms with E-state index in [0.29, 0.717) is 12.8 Å². The zero-order valence-corrected chi connectivity index (χ0v) is 42.6. The van der Waals surface area contributed by atoms with Gasteiger partial charge in [-0.1, -0.05) is 289 Å². The van der Waals surface area contributed by atoms with E-state index in [-0.39, 0.29) is 0 Å². The number of allylic oxidation sites excluding steroid dienone is 2. The summed E-state index contributed by atoms with van der Waals surface area (Å²) in [7, 11) is 0. The average Bonchev–Trinajstić information content (AvgIpc) is 3.29. The van der Waals surface area contributed by atoms with Gasteiger partial charge in [0.1, 0.15) is 12.2 Å². The lowest BCUT2D eigenvalue weighted by molar-refractivity contribution is -0.132. The van der Waals surface area contributed by atoms with Crippen molar-refractivity contribution in [1.29, 1.82) is 0 Å². The molecule has 6 heteroatoms. The van der Waals surface area contributed by atoms with Crippen molar-refractivity contribution in [2.24, 2.45) is 0 Å². The molecule has 0 aliphatic carbocycles. The molecule has 0 spiro atoms. The number of unbranched alkanes of at least 4 members (excludes halogenated alkanes) is 42. The minimum Gasteiger partial charge on any atom is -0.394 e. The predicted molar refractivity (Wildman–Crippen MR) is 275 cm³/mol. The summed E-state index contributed by atoms with van der Waals surface area (Å²) in [6.45, 7) is 4.10. The van der Waals surface area contributed by atoms with E-state index in [1.807, 2.05) is 0 Å². The molecule has 0 rings (SSSR count). The van der Waals surface area contributed by atoms with E-state index in [9.17, 15) is 25.2 Å². The largest absolute Gasteiger partial charge is 0.394 e. The van der Waals surface area contributed by atoms with Crippen LogP contribution in [0.5, 0.6) is 0 Å². The molecular weight excluding hydrogens is 779 g/mol. The number of amides is 1. The van der Waals surface area contributed by atoms with Crippen LogP contribution in [0.4, 0.5) is 0 Å². The van der Waals surface area contributed by atoms with Gasteiger partial charge in [-0.2, -0.15) is 0 Å². The maximum absolute atomic E-state index is 12.6. The summed E-state index contributed by atoms with van der Waals surface area (Å²) in [6.07, 6.45) is 61.3. The molecule has 0 aromatic rings. The minimum absolute atomic E-state index is 0.370. The van der Waals surface area contributed by atoms with Gasteiger partial charge in [0.2, 0.25) is 5.91 Å². The first kappa shape index (κ1) is 62.1. The van der Waals surface area contributed by atoms with Crippen LogP contribution in [0.2, 0.25) is 0 Å². The highest BCUT2D eigenvalue weighted by Crippen LogP contribution is 2.18. The maximum Gasteiger partial charge on any atom is 0.249 e. The van der Waals surface area contributed by atoms with Gasteiger partial charge < -0.3 is 25.7 Å². The summed E-state index contributed by atoms with van der Waals surface area (Å²) in [5, 5.41) is 44.0. The summed E-state index contributed by atoms with van der Waals surface area (Å²) < 4.78 is 0. The molecule has 0 saturated heterocycles. The summed E-state index contributed by atoms with van der Waals surface area (Å²) >= 11 is 0. The summed E-state index contributed by atoms with van der Waals surface area (Å²) in [5.74, 6) is -0.580. The van der Waals surface area contributed by atoms with Crippen molar-refractivity contribution in [3.63, 3.8) is 0 Å². The van der Waals surface area contributed by atoms with Gasteiger partial charge in [-0.3, -0.25) is 4.79 Å². The normalized spacial score (nSPS) is 13.8. The van der Waals surface area contributed by atoms with Crippen LogP contribution >= 0.6 is 0 Å². The lowest BCUT2D eigenvalue weighted by Gasteiger charge is -2.27. The minimum atomic E-state index is -1.26. The second-order valence-corrected chi connectivity index (χ2v) is 20.0. The third-order valence-electron chi connectivity index (χ3n) is 13.7. The van der Waals surface area contributed by atoms with E-state index in [4.69, 9.17) is 0 Å². The molecule has 0 aliphatic heterocycles. The highest BCUT2D eigenvalue weighted by molar-refractivity contribution is 5.80. The molecule has 6 nitrogen and oxygen atoms in total. The first-order chi connectivity index (χ1) is 31.0. The molecule has 0 aliphatic rings. The predicted octanol–water partition coefficient (Wildman–Crippen LogP) is 16.5. The molecule has 0 radical (unpaired) electrons. The maximum atomic E-state index is 12.6. The third kappa shape index (κ3) is 46.0.